The standard InChI is InChI=1S/C19H22FNO3/c1-3-18(24-16-10-8-15(20)9-11-16)19(22)21-13-14-6-5-7-17(12-14)23-4-2/h5-12,18H,3-4,13H2,1-2H3,(H,21,22). The minimum absolute atomic E-state index is 0.205. The molecule has 0 heterocycles. The van der Waals surface area contributed by atoms with Crippen LogP contribution < -0.4 is 14.8 Å². The van der Waals surface area contributed by atoms with E-state index >= 15 is 0 Å². The van der Waals surface area contributed by atoms with Crippen molar-refractivity contribution < 1.29 is 18.7 Å². The number of hydrogen-bond donors (Lipinski definition) is 1. The molecule has 0 aliphatic rings. The molecule has 2 rings (SSSR count). The summed E-state index contributed by atoms with van der Waals surface area (Å²) in [6.07, 6.45) is -0.104. The van der Waals surface area contributed by atoms with Gasteiger partial charge in [0.1, 0.15) is 17.3 Å². The number of benzene rings is 2. The number of carbonyl (C=O) groups excluding carboxylic acids is 1. The van der Waals surface area contributed by atoms with Crippen LogP contribution in [-0.4, -0.2) is 18.6 Å². The second kappa shape index (κ2) is 8.91. The van der Waals surface area contributed by atoms with Gasteiger partial charge in [0, 0.05) is 6.54 Å². The van der Waals surface area contributed by atoms with Gasteiger partial charge in [-0.25, -0.2) is 4.39 Å². The summed E-state index contributed by atoms with van der Waals surface area (Å²) >= 11 is 0. The molecule has 2 aromatic rings. The third kappa shape index (κ3) is 5.26. The van der Waals surface area contributed by atoms with Gasteiger partial charge >= 0.3 is 0 Å². The summed E-state index contributed by atoms with van der Waals surface area (Å²) in [6.45, 7) is 4.78. The molecule has 0 fully saturated rings. The lowest BCUT2D eigenvalue weighted by Gasteiger charge is -2.17. The van der Waals surface area contributed by atoms with Crippen molar-refractivity contribution in [1.29, 1.82) is 0 Å². The van der Waals surface area contributed by atoms with Crippen molar-refractivity contribution in [3.63, 3.8) is 0 Å². The lowest BCUT2D eigenvalue weighted by Crippen LogP contribution is -2.37. The van der Waals surface area contributed by atoms with Crippen molar-refractivity contribution in [3.8, 4) is 11.5 Å². The average Bonchev–Trinajstić information content (AvgIpc) is 2.60. The fourth-order valence-electron chi connectivity index (χ4n) is 2.21. The summed E-state index contributed by atoms with van der Waals surface area (Å²) < 4.78 is 24.0. The molecule has 0 spiro atoms. The molecule has 1 N–H and O–H groups in total. The Morgan fingerprint density at radius 3 is 2.54 bits per heavy atom. The molecule has 1 atom stereocenters. The molecule has 0 aliphatic heterocycles. The van der Waals surface area contributed by atoms with Gasteiger partial charge in [-0.2, -0.15) is 0 Å². The van der Waals surface area contributed by atoms with Gasteiger partial charge in [-0.3, -0.25) is 4.79 Å². The average molecular weight is 331 g/mol. The SMILES string of the molecule is CCOc1cccc(CNC(=O)C(CC)Oc2ccc(F)cc2)c1. The Morgan fingerprint density at radius 1 is 1.12 bits per heavy atom. The van der Waals surface area contributed by atoms with Gasteiger partial charge in [-0.15, -0.1) is 0 Å². The van der Waals surface area contributed by atoms with Crippen molar-refractivity contribution in [1.82, 2.24) is 5.32 Å². The molecule has 0 saturated heterocycles. The highest BCUT2D eigenvalue weighted by molar-refractivity contribution is 5.81. The van der Waals surface area contributed by atoms with E-state index in [0.717, 1.165) is 11.3 Å². The van der Waals surface area contributed by atoms with Crippen LogP contribution in [0, 0.1) is 5.82 Å². The fourth-order valence-corrected chi connectivity index (χ4v) is 2.21. The first kappa shape index (κ1) is 17.8. The van der Waals surface area contributed by atoms with Gasteiger partial charge in [-0.1, -0.05) is 19.1 Å². The van der Waals surface area contributed by atoms with Crippen molar-refractivity contribution in [2.45, 2.75) is 32.9 Å². The highest BCUT2D eigenvalue weighted by Gasteiger charge is 2.18. The Labute approximate surface area is 141 Å². The third-order valence-corrected chi connectivity index (χ3v) is 3.43. The molecule has 5 heteroatoms. The Balaban J connectivity index is 1.91. The summed E-state index contributed by atoms with van der Waals surface area (Å²) in [5.74, 6) is 0.702. The monoisotopic (exact) mass is 331 g/mol. The summed E-state index contributed by atoms with van der Waals surface area (Å²) in [7, 11) is 0. The van der Waals surface area contributed by atoms with Gasteiger partial charge in [0.15, 0.2) is 6.10 Å². The second-order valence-electron chi connectivity index (χ2n) is 5.27. The van der Waals surface area contributed by atoms with Crippen LogP contribution in [0.2, 0.25) is 0 Å². The zero-order valence-electron chi connectivity index (χ0n) is 13.9. The van der Waals surface area contributed by atoms with E-state index in [4.69, 9.17) is 9.47 Å². The Bertz CT molecular complexity index is 658. The number of carbonyl (C=O) groups is 1. The van der Waals surface area contributed by atoms with Gasteiger partial charge in [-0.05, 0) is 55.3 Å². The summed E-state index contributed by atoms with van der Waals surface area (Å²) in [5.41, 5.74) is 0.950. The maximum atomic E-state index is 12.9. The third-order valence-electron chi connectivity index (χ3n) is 3.43. The minimum atomic E-state index is -0.620. The molecule has 0 radical (unpaired) electrons. The van der Waals surface area contributed by atoms with E-state index < -0.39 is 6.10 Å². The molecule has 0 aliphatic carbocycles. The minimum Gasteiger partial charge on any atom is -0.494 e. The smallest absolute Gasteiger partial charge is 0.261 e. The van der Waals surface area contributed by atoms with Crippen molar-refractivity contribution >= 4 is 5.91 Å². The van der Waals surface area contributed by atoms with Crippen LogP contribution >= 0.6 is 0 Å². The molecule has 2 aromatic carbocycles. The van der Waals surface area contributed by atoms with Crippen molar-refractivity contribution in [2.24, 2.45) is 0 Å². The molecular weight excluding hydrogens is 309 g/mol. The number of hydrogen-bond acceptors (Lipinski definition) is 3. The van der Waals surface area contributed by atoms with E-state index in [1.165, 1.54) is 24.3 Å². The summed E-state index contributed by atoms with van der Waals surface area (Å²) in [5, 5.41) is 2.86. The highest BCUT2D eigenvalue weighted by Crippen LogP contribution is 2.15. The Morgan fingerprint density at radius 2 is 1.88 bits per heavy atom. The van der Waals surface area contributed by atoms with E-state index in [-0.39, 0.29) is 11.7 Å². The van der Waals surface area contributed by atoms with Gasteiger partial charge in [0.25, 0.3) is 5.91 Å². The Kier molecular flexibility index (Phi) is 6.61. The summed E-state index contributed by atoms with van der Waals surface area (Å²) in [6, 6.07) is 13.2. The predicted octanol–water partition coefficient (Wildman–Crippen LogP) is 3.70. The van der Waals surface area contributed by atoms with Crippen molar-refractivity contribution in [3.05, 3.63) is 59.9 Å². The number of amides is 1. The number of nitrogens with one attached hydrogen (secondary N) is 1. The Hall–Kier alpha value is -2.56. The molecule has 1 unspecified atom stereocenters. The van der Waals surface area contributed by atoms with Crippen LogP contribution in [0.3, 0.4) is 0 Å². The van der Waals surface area contributed by atoms with Crippen LogP contribution in [0.5, 0.6) is 11.5 Å². The zero-order valence-corrected chi connectivity index (χ0v) is 13.9. The highest BCUT2D eigenvalue weighted by atomic mass is 19.1. The van der Waals surface area contributed by atoms with E-state index in [1.54, 1.807) is 0 Å². The first-order valence-corrected chi connectivity index (χ1v) is 8.04. The molecule has 24 heavy (non-hydrogen) atoms. The first-order valence-electron chi connectivity index (χ1n) is 8.04. The van der Waals surface area contributed by atoms with Crippen LogP contribution in [0.1, 0.15) is 25.8 Å². The van der Waals surface area contributed by atoms with Crippen molar-refractivity contribution in [2.75, 3.05) is 6.61 Å². The number of rotatable bonds is 8. The van der Waals surface area contributed by atoms with Gasteiger partial charge < -0.3 is 14.8 Å². The molecule has 128 valence electrons. The van der Waals surface area contributed by atoms with Crippen LogP contribution in [0.15, 0.2) is 48.5 Å². The van der Waals surface area contributed by atoms with E-state index in [2.05, 4.69) is 5.32 Å². The molecule has 0 aromatic heterocycles. The maximum Gasteiger partial charge on any atom is 0.261 e. The van der Waals surface area contributed by atoms with Crippen LogP contribution in [0.4, 0.5) is 4.39 Å². The van der Waals surface area contributed by atoms with Crippen LogP contribution in [0.25, 0.3) is 0 Å². The van der Waals surface area contributed by atoms with E-state index in [0.29, 0.717) is 25.3 Å². The second-order valence-corrected chi connectivity index (χ2v) is 5.27. The molecule has 1 amide bonds. The fraction of sp³-hybridized carbons (Fsp3) is 0.316. The molecular formula is C19H22FNO3. The molecule has 0 bridgehead atoms. The predicted molar refractivity (Wildman–Crippen MR) is 90.6 cm³/mol. The zero-order chi connectivity index (χ0) is 17.4. The lowest BCUT2D eigenvalue weighted by atomic mass is 10.2. The number of halogens is 1. The van der Waals surface area contributed by atoms with Gasteiger partial charge in [0.05, 0.1) is 6.61 Å². The number of ether oxygens (including phenoxy) is 2. The van der Waals surface area contributed by atoms with E-state index in [1.807, 2.05) is 38.1 Å². The van der Waals surface area contributed by atoms with Gasteiger partial charge in [0.2, 0.25) is 0 Å². The van der Waals surface area contributed by atoms with Crippen LogP contribution in [-0.2, 0) is 11.3 Å². The van der Waals surface area contributed by atoms with E-state index in [9.17, 15) is 9.18 Å². The molecule has 0 saturated carbocycles. The quantitative estimate of drug-likeness (QED) is 0.802. The summed E-state index contributed by atoms with van der Waals surface area (Å²) in [4.78, 5) is 12.3. The first-order chi connectivity index (χ1) is 11.6. The normalized spacial score (nSPS) is 11.6. The maximum absolute atomic E-state index is 12.9. The lowest BCUT2D eigenvalue weighted by molar-refractivity contribution is -0.128. The molecule has 4 nitrogen and oxygen atoms in total. The largest absolute Gasteiger partial charge is 0.494 e. The topological polar surface area (TPSA) is 47.6 Å².